The summed E-state index contributed by atoms with van der Waals surface area (Å²) in [7, 11) is -3.65. The highest BCUT2D eigenvalue weighted by Crippen LogP contribution is 2.32. The molecule has 0 aliphatic heterocycles. The molecule has 3 nitrogen and oxygen atoms in total. The Labute approximate surface area is 153 Å². The Bertz CT molecular complexity index is 800. The summed E-state index contributed by atoms with van der Waals surface area (Å²) in [6.45, 7) is 8.16. The predicted molar refractivity (Wildman–Crippen MR) is 104 cm³/mol. The van der Waals surface area contributed by atoms with Crippen LogP contribution < -0.4 is 4.31 Å². The van der Waals surface area contributed by atoms with Crippen molar-refractivity contribution in [3.8, 4) is 0 Å². The second-order valence-electron chi connectivity index (χ2n) is 5.70. The fourth-order valence-corrected chi connectivity index (χ4v) is 4.56. The summed E-state index contributed by atoms with van der Waals surface area (Å²) in [6.07, 6.45) is 2.64. The van der Waals surface area contributed by atoms with Gasteiger partial charge in [0, 0.05) is 11.0 Å². The van der Waals surface area contributed by atoms with Gasteiger partial charge in [-0.25, -0.2) is 8.42 Å². The van der Waals surface area contributed by atoms with Crippen molar-refractivity contribution in [1.29, 1.82) is 0 Å². The standard InChI is InChI=1S/C19H22BrNO2S/c1-4-16(5-2)14-21(19-9-7-6-8-18(19)20)24(22,23)17-12-10-15(3)11-13-17/h4,6-13,16H,1,5,14H2,2-3H3/t16-/m1/s1. The third-order valence-corrected chi connectivity index (χ3v) is 6.45. The molecule has 0 bridgehead atoms. The first kappa shape index (κ1) is 18.7. The summed E-state index contributed by atoms with van der Waals surface area (Å²) < 4.78 is 28.7. The van der Waals surface area contributed by atoms with Crippen LogP contribution in [-0.4, -0.2) is 15.0 Å². The Balaban J connectivity index is 2.54. The molecule has 0 N–H and O–H groups in total. The van der Waals surface area contributed by atoms with Gasteiger partial charge in [0.2, 0.25) is 0 Å². The molecule has 0 saturated carbocycles. The van der Waals surface area contributed by atoms with E-state index in [1.165, 1.54) is 4.31 Å². The Kier molecular flexibility index (Phi) is 6.24. The molecule has 1 atom stereocenters. The van der Waals surface area contributed by atoms with Crippen LogP contribution in [0.25, 0.3) is 0 Å². The maximum Gasteiger partial charge on any atom is 0.264 e. The van der Waals surface area contributed by atoms with E-state index in [0.29, 0.717) is 17.1 Å². The molecule has 0 saturated heterocycles. The third kappa shape index (κ3) is 4.08. The number of hydrogen-bond acceptors (Lipinski definition) is 2. The van der Waals surface area contributed by atoms with E-state index in [4.69, 9.17) is 0 Å². The van der Waals surface area contributed by atoms with Crippen LogP contribution in [0.3, 0.4) is 0 Å². The van der Waals surface area contributed by atoms with Crippen molar-refractivity contribution in [2.75, 3.05) is 10.8 Å². The number of hydrogen-bond donors (Lipinski definition) is 0. The number of rotatable bonds is 7. The van der Waals surface area contributed by atoms with Crippen LogP contribution in [0.1, 0.15) is 18.9 Å². The number of halogens is 1. The van der Waals surface area contributed by atoms with Crippen LogP contribution in [-0.2, 0) is 10.0 Å². The van der Waals surface area contributed by atoms with Gasteiger partial charge < -0.3 is 0 Å². The largest absolute Gasteiger partial charge is 0.265 e. The van der Waals surface area contributed by atoms with Gasteiger partial charge in [-0.1, -0.05) is 42.8 Å². The Morgan fingerprint density at radius 2 is 1.79 bits per heavy atom. The number of para-hydroxylation sites is 1. The molecule has 5 heteroatoms. The van der Waals surface area contributed by atoms with Gasteiger partial charge in [0.1, 0.15) is 0 Å². The molecule has 0 unspecified atom stereocenters. The molecule has 0 heterocycles. The van der Waals surface area contributed by atoms with Crippen molar-refractivity contribution in [3.05, 3.63) is 71.2 Å². The van der Waals surface area contributed by atoms with Crippen LogP contribution in [0, 0.1) is 12.8 Å². The molecular weight excluding hydrogens is 386 g/mol. The van der Waals surface area contributed by atoms with Crippen molar-refractivity contribution in [1.82, 2.24) is 0 Å². The molecule has 24 heavy (non-hydrogen) atoms. The molecule has 0 aliphatic rings. The first-order chi connectivity index (χ1) is 11.4. The summed E-state index contributed by atoms with van der Waals surface area (Å²) in [5.74, 6) is 0.0809. The van der Waals surface area contributed by atoms with Gasteiger partial charge in [-0.05, 0) is 59.5 Å². The summed E-state index contributed by atoms with van der Waals surface area (Å²) in [5, 5.41) is 0. The minimum absolute atomic E-state index is 0.0809. The molecule has 128 valence electrons. The van der Waals surface area contributed by atoms with Gasteiger partial charge in [-0.2, -0.15) is 0 Å². The van der Waals surface area contributed by atoms with Crippen LogP contribution in [0.5, 0.6) is 0 Å². The number of aryl methyl sites for hydroxylation is 1. The number of sulfonamides is 1. The lowest BCUT2D eigenvalue weighted by molar-refractivity contribution is 0.575. The molecule has 2 rings (SSSR count). The molecule has 0 spiro atoms. The summed E-state index contributed by atoms with van der Waals surface area (Å²) in [6, 6.07) is 14.3. The van der Waals surface area contributed by atoms with Crippen molar-refractivity contribution in [2.45, 2.75) is 25.2 Å². The lowest BCUT2D eigenvalue weighted by Gasteiger charge is -2.28. The van der Waals surface area contributed by atoms with Gasteiger partial charge in [0.05, 0.1) is 10.6 Å². The maximum atomic E-state index is 13.2. The highest BCUT2D eigenvalue weighted by Gasteiger charge is 2.27. The smallest absolute Gasteiger partial charge is 0.264 e. The van der Waals surface area contributed by atoms with Crippen molar-refractivity contribution < 1.29 is 8.42 Å². The molecule has 0 aromatic heterocycles. The lowest BCUT2D eigenvalue weighted by Crippen LogP contribution is -2.35. The minimum atomic E-state index is -3.65. The first-order valence-corrected chi connectivity index (χ1v) is 10.1. The van der Waals surface area contributed by atoms with Gasteiger partial charge in [0.15, 0.2) is 0 Å². The van der Waals surface area contributed by atoms with Gasteiger partial charge >= 0.3 is 0 Å². The average Bonchev–Trinajstić information content (AvgIpc) is 2.57. The maximum absolute atomic E-state index is 13.2. The van der Waals surface area contributed by atoms with E-state index in [2.05, 4.69) is 22.5 Å². The van der Waals surface area contributed by atoms with Crippen molar-refractivity contribution in [2.24, 2.45) is 5.92 Å². The number of anilines is 1. The Morgan fingerprint density at radius 3 is 2.33 bits per heavy atom. The SMILES string of the molecule is C=C[C@H](CC)CN(c1ccccc1Br)S(=O)(=O)c1ccc(C)cc1. The molecule has 0 radical (unpaired) electrons. The zero-order valence-electron chi connectivity index (χ0n) is 13.9. The van der Waals surface area contributed by atoms with Crippen LogP contribution in [0.15, 0.2) is 70.6 Å². The zero-order chi connectivity index (χ0) is 17.7. The predicted octanol–water partition coefficient (Wildman–Crippen LogP) is 5.17. The van der Waals surface area contributed by atoms with Gasteiger partial charge in [-0.3, -0.25) is 4.31 Å². The van der Waals surface area contributed by atoms with E-state index in [1.807, 2.05) is 56.3 Å². The van der Waals surface area contributed by atoms with Crippen LogP contribution >= 0.6 is 15.9 Å². The van der Waals surface area contributed by atoms with E-state index >= 15 is 0 Å². The zero-order valence-corrected chi connectivity index (χ0v) is 16.3. The number of nitrogens with zero attached hydrogens (tertiary/aromatic N) is 1. The summed E-state index contributed by atoms with van der Waals surface area (Å²) in [5.41, 5.74) is 1.66. The van der Waals surface area contributed by atoms with E-state index in [1.54, 1.807) is 12.1 Å². The van der Waals surface area contributed by atoms with E-state index in [0.717, 1.165) is 16.5 Å². The summed E-state index contributed by atoms with van der Waals surface area (Å²) >= 11 is 3.48. The number of benzene rings is 2. The van der Waals surface area contributed by atoms with Crippen molar-refractivity contribution in [3.63, 3.8) is 0 Å². The monoisotopic (exact) mass is 407 g/mol. The second-order valence-corrected chi connectivity index (χ2v) is 8.42. The van der Waals surface area contributed by atoms with E-state index in [9.17, 15) is 8.42 Å². The third-order valence-electron chi connectivity index (χ3n) is 3.99. The Morgan fingerprint density at radius 1 is 1.17 bits per heavy atom. The fraction of sp³-hybridized carbons (Fsp3) is 0.263. The fourth-order valence-electron chi connectivity index (χ4n) is 2.40. The van der Waals surface area contributed by atoms with Crippen LogP contribution in [0.4, 0.5) is 5.69 Å². The molecule has 0 aliphatic carbocycles. The van der Waals surface area contributed by atoms with E-state index in [-0.39, 0.29) is 5.92 Å². The minimum Gasteiger partial charge on any atom is -0.265 e. The quantitative estimate of drug-likeness (QED) is 0.593. The van der Waals surface area contributed by atoms with Crippen molar-refractivity contribution >= 4 is 31.6 Å². The van der Waals surface area contributed by atoms with Gasteiger partial charge in [0.25, 0.3) is 10.0 Å². The topological polar surface area (TPSA) is 37.4 Å². The molecule has 0 fully saturated rings. The molecule has 2 aromatic carbocycles. The first-order valence-electron chi connectivity index (χ1n) is 7.86. The highest BCUT2D eigenvalue weighted by atomic mass is 79.9. The van der Waals surface area contributed by atoms with Crippen LogP contribution in [0.2, 0.25) is 0 Å². The average molecular weight is 408 g/mol. The highest BCUT2D eigenvalue weighted by molar-refractivity contribution is 9.10. The molecule has 0 amide bonds. The normalized spacial score (nSPS) is 12.6. The summed E-state index contributed by atoms with van der Waals surface area (Å²) in [4.78, 5) is 0.294. The lowest BCUT2D eigenvalue weighted by atomic mass is 10.1. The van der Waals surface area contributed by atoms with E-state index < -0.39 is 10.0 Å². The Hall–Kier alpha value is -1.59. The molecule has 2 aromatic rings. The second kappa shape index (κ2) is 7.99. The molecular formula is C19H22BrNO2S. The van der Waals surface area contributed by atoms with Gasteiger partial charge in [-0.15, -0.1) is 6.58 Å².